The van der Waals surface area contributed by atoms with Crippen molar-refractivity contribution < 1.29 is 9.13 Å². The van der Waals surface area contributed by atoms with Crippen molar-refractivity contribution in [2.24, 2.45) is 0 Å². The van der Waals surface area contributed by atoms with E-state index in [0.29, 0.717) is 5.75 Å². The number of nitrogens with one attached hydrogen (secondary N) is 1. The standard InChI is InChI=1S/C16H26FNO/c1-4-5-6-7-8-9-15(18-2)13-10-11-14(17)16(12-13)19-3/h10-12,15,18H,4-9H2,1-3H3. The van der Waals surface area contributed by atoms with Gasteiger partial charge in [-0.15, -0.1) is 0 Å². The first kappa shape index (κ1) is 16.0. The molecule has 1 aromatic carbocycles. The fraction of sp³-hybridized carbons (Fsp3) is 0.625. The molecule has 0 saturated heterocycles. The number of rotatable bonds is 9. The second kappa shape index (κ2) is 8.92. The van der Waals surface area contributed by atoms with Crippen molar-refractivity contribution in [1.82, 2.24) is 5.32 Å². The van der Waals surface area contributed by atoms with Gasteiger partial charge >= 0.3 is 0 Å². The summed E-state index contributed by atoms with van der Waals surface area (Å²) in [4.78, 5) is 0. The molecule has 1 N–H and O–H groups in total. The number of halogens is 1. The third-order valence-corrected chi connectivity index (χ3v) is 3.52. The molecule has 19 heavy (non-hydrogen) atoms. The van der Waals surface area contributed by atoms with Crippen molar-refractivity contribution in [2.75, 3.05) is 14.2 Å². The zero-order valence-electron chi connectivity index (χ0n) is 12.3. The van der Waals surface area contributed by atoms with Crippen LogP contribution in [0.5, 0.6) is 5.75 Å². The van der Waals surface area contributed by atoms with Crippen LogP contribution >= 0.6 is 0 Å². The summed E-state index contributed by atoms with van der Waals surface area (Å²) in [7, 11) is 3.45. The molecule has 3 heteroatoms. The third-order valence-electron chi connectivity index (χ3n) is 3.52. The Bertz CT molecular complexity index is 368. The van der Waals surface area contributed by atoms with Gasteiger partial charge in [0.25, 0.3) is 0 Å². The molecule has 1 rings (SSSR count). The molecule has 0 saturated carbocycles. The zero-order valence-corrected chi connectivity index (χ0v) is 12.3. The number of hydrogen-bond donors (Lipinski definition) is 1. The molecule has 0 amide bonds. The van der Waals surface area contributed by atoms with Gasteiger partial charge in [-0.2, -0.15) is 0 Å². The molecule has 0 aliphatic carbocycles. The fourth-order valence-corrected chi connectivity index (χ4v) is 2.32. The quantitative estimate of drug-likeness (QED) is 0.667. The Hall–Kier alpha value is -1.09. The molecule has 0 fully saturated rings. The highest BCUT2D eigenvalue weighted by Crippen LogP contribution is 2.25. The van der Waals surface area contributed by atoms with E-state index in [0.717, 1.165) is 12.0 Å². The molecule has 0 aliphatic heterocycles. The summed E-state index contributed by atoms with van der Waals surface area (Å²) in [6, 6.07) is 5.39. The Morgan fingerprint density at radius 1 is 1.21 bits per heavy atom. The predicted octanol–water partition coefficient (Wildman–Crippen LogP) is 4.46. The largest absolute Gasteiger partial charge is 0.494 e. The maximum atomic E-state index is 13.4. The number of hydrogen-bond acceptors (Lipinski definition) is 2. The first-order valence-electron chi connectivity index (χ1n) is 7.23. The SMILES string of the molecule is CCCCCCCC(NC)c1ccc(F)c(OC)c1. The first-order chi connectivity index (χ1) is 9.22. The number of ether oxygens (including phenoxy) is 1. The molecule has 1 aromatic rings. The number of methoxy groups -OCH3 is 1. The van der Waals surface area contributed by atoms with E-state index >= 15 is 0 Å². The summed E-state index contributed by atoms with van der Waals surface area (Å²) >= 11 is 0. The first-order valence-corrected chi connectivity index (χ1v) is 7.23. The molecule has 108 valence electrons. The van der Waals surface area contributed by atoms with Crippen molar-refractivity contribution >= 4 is 0 Å². The van der Waals surface area contributed by atoms with Gasteiger partial charge in [0.15, 0.2) is 11.6 Å². The lowest BCUT2D eigenvalue weighted by Crippen LogP contribution is -2.16. The lowest BCUT2D eigenvalue weighted by Gasteiger charge is -2.17. The average Bonchev–Trinajstić information content (AvgIpc) is 2.44. The summed E-state index contributed by atoms with van der Waals surface area (Å²) in [5.74, 6) is 0.0211. The van der Waals surface area contributed by atoms with Crippen LogP contribution in [0.15, 0.2) is 18.2 Å². The molecule has 0 heterocycles. The van der Waals surface area contributed by atoms with E-state index < -0.39 is 0 Å². The van der Waals surface area contributed by atoms with Crippen molar-refractivity contribution in [3.63, 3.8) is 0 Å². The van der Waals surface area contributed by atoms with E-state index in [9.17, 15) is 4.39 Å². The van der Waals surface area contributed by atoms with Crippen molar-refractivity contribution in [1.29, 1.82) is 0 Å². The highest BCUT2D eigenvalue weighted by Gasteiger charge is 2.12. The van der Waals surface area contributed by atoms with E-state index in [1.807, 2.05) is 13.1 Å². The lowest BCUT2D eigenvalue weighted by molar-refractivity contribution is 0.384. The number of unbranched alkanes of at least 4 members (excludes halogenated alkanes) is 4. The molecule has 1 atom stereocenters. The van der Waals surface area contributed by atoms with Gasteiger partial charge in [-0.3, -0.25) is 0 Å². The predicted molar refractivity (Wildman–Crippen MR) is 78.1 cm³/mol. The summed E-state index contributed by atoms with van der Waals surface area (Å²) in [5.41, 5.74) is 1.09. The Morgan fingerprint density at radius 3 is 2.58 bits per heavy atom. The van der Waals surface area contributed by atoms with E-state index in [1.54, 1.807) is 6.07 Å². The lowest BCUT2D eigenvalue weighted by atomic mass is 9.99. The van der Waals surface area contributed by atoms with Crippen LogP contribution in [0, 0.1) is 5.82 Å². The van der Waals surface area contributed by atoms with E-state index in [-0.39, 0.29) is 11.9 Å². The van der Waals surface area contributed by atoms with Crippen LogP contribution in [0.4, 0.5) is 4.39 Å². The van der Waals surface area contributed by atoms with Crippen molar-refractivity contribution in [3.05, 3.63) is 29.6 Å². The molecule has 0 aromatic heterocycles. The van der Waals surface area contributed by atoms with Crippen LogP contribution in [0.3, 0.4) is 0 Å². The van der Waals surface area contributed by atoms with Gasteiger partial charge in [0.1, 0.15) is 0 Å². The molecular formula is C16H26FNO. The maximum absolute atomic E-state index is 13.4. The minimum absolute atomic E-state index is 0.274. The summed E-state index contributed by atoms with van der Waals surface area (Å²) in [5, 5.41) is 3.30. The van der Waals surface area contributed by atoms with Crippen LogP contribution in [0.2, 0.25) is 0 Å². The van der Waals surface area contributed by atoms with E-state index in [1.165, 1.54) is 45.3 Å². The van der Waals surface area contributed by atoms with Gasteiger partial charge in [-0.05, 0) is 31.2 Å². The Labute approximate surface area is 116 Å². The van der Waals surface area contributed by atoms with Gasteiger partial charge in [-0.1, -0.05) is 45.1 Å². The molecule has 1 unspecified atom stereocenters. The van der Waals surface area contributed by atoms with Crippen molar-refractivity contribution in [2.45, 2.75) is 51.5 Å². The summed E-state index contributed by atoms with van der Waals surface area (Å²) in [6.07, 6.45) is 7.43. The van der Waals surface area contributed by atoms with Crippen LogP contribution < -0.4 is 10.1 Å². The average molecular weight is 267 g/mol. The minimum atomic E-state index is -0.302. The molecule has 0 spiro atoms. The minimum Gasteiger partial charge on any atom is -0.494 e. The third kappa shape index (κ3) is 5.19. The normalized spacial score (nSPS) is 12.4. The molecule has 0 bridgehead atoms. The van der Waals surface area contributed by atoms with Crippen molar-refractivity contribution in [3.8, 4) is 5.75 Å². The van der Waals surface area contributed by atoms with Crippen LogP contribution in [-0.4, -0.2) is 14.2 Å². The molecular weight excluding hydrogens is 241 g/mol. The van der Waals surface area contributed by atoms with Gasteiger partial charge in [0.05, 0.1) is 7.11 Å². The summed E-state index contributed by atoms with van der Waals surface area (Å²) < 4.78 is 18.4. The molecule has 2 nitrogen and oxygen atoms in total. The number of benzene rings is 1. The van der Waals surface area contributed by atoms with Gasteiger partial charge in [-0.25, -0.2) is 4.39 Å². The Morgan fingerprint density at radius 2 is 1.95 bits per heavy atom. The van der Waals surface area contributed by atoms with Gasteiger partial charge < -0.3 is 10.1 Å². The van der Waals surface area contributed by atoms with E-state index in [2.05, 4.69) is 12.2 Å². The Balaban J connectivity index is 2.54. The topological polar surface area (TPSA) is 21.3 Å². The molecule has 0 aliphatic rings. The molecule has 0 radical (unpaired) electrons. The highest BCUT2D eigenvalue weighted by atomic mass is 19.1. The summed E-state index contributed by atoms with van der Waals surface area (Å²) in [6.45, 7) is 2.22. The van der Waals surface area contributed by atoms with Gasteiger partial charge in [0, 0.05) is 6.04 Å². The maximum Gasteiger partial charge on any atom is 0.165 e. The highest BCUT2D eigenvalue weighted by molar-refractivity contribution is 5.32. The smallest absolute Gasteiger partial charge is 0.165 e. The van der Waals surface area contributed by atoms with Crippen LogP contribution in [0.25, 0.3) is 0 Å². The fourth-order valence-electron chi connectivity index (χ4n) is 2.32. The zero-order chi connectivity index (χ0) is 14.1. The van der Waals surface area contributed by atoms with Crippen LogP contribution in [0.1, 0.15) is 57.1 Å². The Kier molecular flexibility index (Phi) is 7.49. The second-order valence-electron chi connectivity index (χ2n) is 4.94. The van der Waals surface area contributed by atoms with E-state index in [4.69, 9.17) is 4.74 Å². The van der Waals surface area contributed by atoms with Gasteiger partial charge in [0.2, 0.25) is 0 Å². The van der Waals surface area contributed by atoms with Crippen LogP contribution in [-0.2, 0) is 0 Å². The monoisotopic (exact) mass is 267 g/mol. The second-order valence-corrected chi connectivity index (χ2v) is 4.94.